The van der Waals surface area contributed by atoms with Crippen molar-refractivity contribution in [1.29, 1.82) is 0 Å². The van der Waals surface area contributed by atoms with Crippen LogP contribution in [-0.2, 0) is 4.79 Å². The highest BCUT2D eigenvalue weighted by Crippen LogP contribution is 2.18. The Kier molecular flexibility index (Phi) is 3.59. The lowest BCUT2D eigenvalue weighted by atomic mass is 10.2. The van der Waals surface area contributed by atoms with Crippen molar-refractivity contribution in [2.45, 2.75) is 44.2 Å². The Morgan fingerprint density at radius 3 is 2.60 bits per heavy atom. The Morgan fingerprint density at radius 2 is 2.00 bits per heavy atom. The zero-order valence-electron chi connectivity index (χ0n) is 9.11. The van der Waals surface area contributed by atoms with Gasteiger partial charge < -0.3 is 15.3 Å². The normalized spacial score (nSPS) is 31.1. The fourth-order valence-electron chi connectivity index (χ4n) is 2.48. The van der Waals surface area contributed by atoms with Gasteiger partial charge in [-0.25, -0.2) is 0 Å². The van der Waals surface area contributed by atoms with E-state index in [1.165, 1.54) is 0 Å². The van der Waals surface area contributed by atoms with Crippen LogP contribution in [0.3, 0.4) is 0 Å². The lowest BCUT2D eigenvalue weighted by Crippen LogP contribution is -2.43. The molecule has 4 heteroatoms. The minimum atomic E-state index is -0.253. The second-order valence-corrected chi connectivity index (χ2v) is 4.57. The van der Waals surface area contributed by atoms with Gasteiger partial charge in [0.2, 0.25) is 5.91 Å². The second kappa shape index (κ2) is 4.94. The van der Waals surface area contributed by atoms with Crippen molar-refractivity contribution in [3.8, 4) is 0 Å². The van der Waals surface area contributed by atoms with E-state index in [-0.39, 0.29) is 18.1 Å². The van der Waals surface area contributed by atoms with Gasteiger partial charge in [-0.3, -0.25) is 4.79 Å². The van der Waals surface area contributed by atoms with E-state index in [9.17, 15) is 9.90 Å². The van der Waals surface area contributed by atoms with Crippen LogP contribution in [0.5, 0.6) is 0 Å². The van der Waals surface area contributed by atoms with Crippen LogP contribution in [0, 0.1) is 0 Å². The largest absolute Gasteiger partial charge is 0.392 e. The van der Waals surface area contributed by atoms with Gasteiger partial charge in [-0.05, 0) is 32.1 Å². The number of carbonyl (C=O) groups is 1. The predicted molar refractivity (Wildman–Crippen MR) is 57.5 cm³/mol. The number of hydrogen-bond acceptors (Lipinski definition) is 3. The van der Waals surface area contributed by atoms with E-state index in [1.807, 2.05) is 4.90 Å². The summed E-state index contributed by atoms with van der Waals surface area (Å²) in [6.07, 6.45) is 4.95. The van der Waals surface area contributed by atoms with E-state index in [0.717, 1.165) is 45.2 Å². The molecule has 2 aliphatic rings. The summed E-state index contributed by atoms with van der Waals surface area (Å²) < 4.78 is 0. The molecule has 0 aromatic rings. The Balaban J connectivity index is 1.70. The standard InChI is InChI=1S/C11H20N2O2/c14-10-5-3-4-9(10)12-8-11(15)13-6-1-2-7-13/h9-10,12,14H,1-8H2/t9-,10-/m1/s1. The molecule has 4 nitrogen and oxygen atoms in total. The van der Waals surface area contributed by atoms with Crippen molar-refractivity contribution in [3.63, 3.8) is 0 Å². The number of aliphatic hydroxyl groups is 1. The lowest BCUT2D eigenvalue weighted by molar-refractivity contribution is -0.129. The fraction of sp³-hybridized carbons (Fsp3) is 0.909. The summed E-state index contributed by atoms with van der Waals surface area (Å²) in [4.78, 5) is 13.6. The topological polar surface area (TPSA) is 52.6 Å². The van der Waals surface area contributed by atoms with Gasteiger partial charge in [0.15, 0.2) is 0 Å². The zero-order valence-corrected chi connectivity index (χ0v) is 9.11. The molecule has 0 spiro atoms. The summed E-state index contributed by atoms with van der Waals surface area (Å²) in [5, 5.41) is 12.7. The predicted octanol–water partition coefficient (Wildman–Crippen LogP) is 0.112. The minimum absolute atomic E-state index is 0.136. The fourth-order valence-corrected chi connectivity index (χ4v) is 2.48. The maximum atomic E-state index is 11.7. The number of aliphatic hydroxyl groups excluding tert-OH is 1. The van der Waals surface area contributed by atoms with Gasteiger partial charge in [-0.15, -0.1) is 0 Å². The molecule has 2 atom stereocenters. The molecule has 0 bridgehead atoms. The maximum absolute atomic E-state index is 11.7. The summed E-state index contributed by atoms with van der Waals surface area (Å²) in [5.74, 6) is 0.187. The van der Waals surface area contributed by atoms with Crippen LogP contribution in [0.2, 0.25) is 0 Å². The molecule has 1 aliphatic carbocycles. The average Bonchev–Trinajstić information content (AvgIpc) is 2.85. The molecule has 2 rings (SSSR count). The van der Waals surface area contributed by atoms with Crippen LogP contribution < -0.4 is 5.32 Å². The summed E-state index contributed by atoms with van der Waals surface area (Å²) >= 11 is 0. The molecule has 0 aromatic carbocycles. The lowest BCUT2D eigenvalue weighted by Gasteiger charge is -2.19. The SMILES string of the molecule is O=C(CN[C@@H]1CCC[C@H]1O)N1CCCC1. The van der Waals surface area contributed by atoms with Gasteiger partial charge >= 0.3 is 0 Å². The molecule has 1 saturated heterocycles. The van der Waals surface area contributed by atoms with Crippen molar-refractivity contribution < 1.29 is 9.90 Å². The maximum Gasteiger partial charge on any atom is 0.236 e. The molecule has 15 heavy (non-hydrogen) atoms. The number of amides is 1. The average molecular weight is 212 g/mol. The van der Waals surface area contributed by atoms with Crippen molar-refractivity contribution in [2.24, 2.45) is 0 Å². The second-order valence-electron chi connectivity index (χ2n) is 4.57. The molecular weight excluding hydrogens is 192 g/mol. The van der Waals surface area contributed by atoms with Crippen LogP contribution in [0.4, 0.5) is 0 Å². The van der Waals surface area contributed by atoms with Gasteiger partial charge in [0, 0.05) is 19.1 Å². The molecule has 1 amide bonds. The summed E-state index contributed by atoms with van der Waals surface area (Å²) in [5.41, 5.74) is 0. The molecule has 0 aromatic heterocycles. The van der Waals surface area contributed by atoms with Crippen molar-refractivity contribution in [1.82, 2.24) is 10.2 Å². The number of hydrogen-bond donors (Lipinski definition) is 2. The Hall–Kier alpha value is -0.610. The highest BCUT2D eigenvalue weighted by molar-refractivity contribution is 5.78. The first-order chi connectivity index (χ1) is 7.27. The quantitative estimate of drug-likeness (QED) is 0.698. The molecule has 1 heterocycles. The molecular formula is C11H20N2O2. The third-order valence-electron chi connectivity index (χ3n) is 3.45. The summed E-state index contributed by atoms with van der Waals surface area (Å²) in [6, 6.07) is 0.136. The molecule has 1 aliphatic heterocycles. The third kappa shape index (κ3) is 2.69. The first-order valence-corrected chi connectivity index (χ1v) is 5.96. The highest BCUT2D eigenvalue weighted by atomic mass is 16.3. The van der Waals surface area contributed by atoms with E-state index < -0.39 is 0 Å². The first-order valence-electron chi connectivity index (χ1n) is 5.96. The van der Waals surface area contributed by atoms with Crippen LogP contribution >= 0.6 is 0 Å². The summed E-state index contributed by atoms with van der Waals surface area (Å²) in [7, 11) is 0. The van der Waals surface area contributed by atoms with Gasteiger partial charge in [0.05, 0.1) is 12.6 Å². The smallest absolute Gasteiger partial charge is 0.236 e. The Bertz CT molecular complexity index is 227. The van der Waals surface area contributed by atoms with Gasteiger partial charge in [-0.1, -0.05) is 0 Å². The van der Waals surface area contributed by atoms with Gasteiger partial charge in [0.1, 0.15) is 0 Å². The van der Waals surface area contributed by atoms with E-state index in [4.69, 9.17) is 0 Å². The number of rotatable bonds is 3. The molecule has 2 fully saturated rings. The third-order valence-corrected chi connectivity index (χ3v) is 3.45. The molecule has 0 radical (unpaired) electrons. The molecule has 86 valence electrons. The van der Waals surface area contributed by atoms with Crippen LogP contribution in [0.1, 0.15) is 32.1 Å². The molecule has 2 N–H and O–H groups in total. The van der Waals surface area contributed by atoms with Crippen molar-refractivity contribution >= 4 is 5.91 Å². The van der Waals surface area contributed by atoms with Crippen LogP contribution in [0.25, 0.3) is 0 Å². The van der Waals surface area contributed by atoms with E-state index >= 15 is 0 Å². The Morgan fingerprint density at radius 1 is 1.27 bits per heavy atom. The zero-order chi connectivity index (χ0) is 10.7. The summed E-state index contributed by atoms with van der Waals surface area (Å²) in [6.45, 7) is 2.21. The van der Waals surface area contributed by atoms with Gasteiger partial charge in [-0.2, -0.15) is 0 Å². The van der Waals surface area contributed by atoms with E-state index in [2.05, 4.69) is 5.32 Å². The number of likely N-dealkylation sites (tertiary alicyclic amines) is 1. The Labute approximate surface area is 90.6 Å². The number of nitrogens with one attached hydrogen (secondary N) is 1. The van der Waals surface area contributed by atoms with Crippen LogP contribution in [-0.4, -0.2) is 47.7 Å². The first kappa shape index (κ1) is 10.9. The monoisotopic (exact) mass is 212 g/mol. The molecule has 1 saturated carbocycles. The van der Waals surface area contributed by atoms with E-state index in [1.54, 1.807) is 0 Å². The van der Waals surface area contributed by atoms with Gasteiger partial charge in [0.25, 0.3) is 0 Å². The van der Waals surface area contributed by atoms with Crippen molar-refractivity contribution in [2.75, 3.05) is 19.6 Å². The number of nitrogens with zero attached hydrogens (tertiary/aromatic N) is 1. The number of carbonyl (C=O) groups excluding carboxylic acids is 1. The minimum Gasteiger partial charge on any atom is -0.392 e. The van der Waals surface area contributed by atoms with E-state index in [0.29, 0.717) is 6.54 Å². The highest BCUT2D eigenvalue weighted by Gasteiger charge is 2.26. The van der Waals surface area contributed by atoms with Crippen LogP contribution in [0.15, 0.2) is 0 Å². The molecule has 0 unspecified atom stereocenters. The van der Waals surface area contributed by atoms with Crippen molar-refractivity contribution in [3.05, 3.63) is 0 Å².